The number of hydrogen-bond donors (Lipinski definition) is 1. The zero-order chi connectivity index (χ0) is 12.2. The number of thioether (sulfide) groups is 1. The van der Waals surface area contributed by atoms with Crippen LogP contribution < -0.4 is 5.32 Å². The predicted octanol–water partition coefficient (Wildman–Crippen LogP) is 3.03. The summed E-state index contributed by atoms with van der Waals surface area (Å²) in [5.74, 6) is 4.18. The van der Waals surface area contributed by atoms with E-state index in [2.05, 4.69) is 37.8 Å². The van der Waals surface area contributed by atoms with Crippen LogP contribution in [0.3, 0.4) is 0 Å². The molecule has 16 heavy (non-hydrogen) atoms. The summed E-state index contributed by atoms with van der Waals surface area (Å²) in [4.78, 5) is 0. The molecule has 0 aliphatic heterocycles. The van der Waals surface area contributed by atoms with Crippen LogP contribution in [0.5, 0.6) is 0 Å². The van der Waals surface area contributed by atoms with E-state index in [0.717, 1.165) is 31.5 Å². The Morgan fingerprint density at radius 3 is 2.62 bits per heavy atom. The highest BCUT2D eigenvalue weighted by molar-refractivity contribution is 7.99. The first-order valence-electron chi connectivity index (χ1n) is 6.48. The Morgan fingerprint density at radius 2 is 2.06 bits per heavy atom. The Bertz CT molecular complexity index is 142. The van der Waals surface area contributed by atoms with Gasteiger partial charge in [0.15, 0.2) is 0 Å². The van der Waals surface area contributed by atoms with Crippen LogP contribution in [-0.2, 0) is 4.74 Å². The second-order valence-corrected chi connectivity index (χ2v) is 6.07. The molecule has 0 fully saturated rings. The SMILES string of the molecule is CCSCCC(CNCCOC)CC(C)C. The van der Waals surface area contributed by atoms with Crippen molar-refractivity contribution in [2.45, 2.75) is 33.6 Å². The number of hydrogen-bond acceptors (Lipinski definition) is 3. The second-order valence-electron chi connectivity index (χ2n) is 4.68. The summed E-state index contributed by atoms with van der Waals surface area (Å²) >= 11 is 2.05. The molecular formula is C13H29NOS. The zero-order valence-electron chi connectivity index (χ0n) is 11.4. The molecule has 1 atom stereocenters. The lowest BCUT2D eigenvalue weighted by atomic mass is 9.95. The third kappa shape index (κ3) is 10.8. The van der Waals surface area contributed by atoms with Crippen LogP contribution in [0.2, 0.25) is 0 Å². The minimum atomic E-state index is 0.806. The molecule has 98 valence electrons. The van der Waals surface area contributed by atoms with Gasteiger partial charge in [-0.2, -0.15) is 11.8 Å². The van der Waals surface area contributed by atoms with Gasteiger partial charge < -0.3 is 10.1 Å². The summed E-state index contributed by atoms with van der Waals surface area (Å²) in [7, 11) is 1.76. The molecule has 0 spiro atoms. The minimum absolute atomic E-state index is 0.806. The van der Waals surface area contributed by atoms with E-state index in [9.17, 15) is 0 Å². The van der Waals surface area contributed by atoms with E-state index in [4.69, 9.17) is 4.74 Å². The summed E-state index contributed by atoms with van der Waals surface area (Å²) < 4.78 is 5.04. The van der Waals surface area contributed by atoms with Gasteiger partial charge in [-0.05, 0) is 42.7 Å². The number of nitrogens with one attached hydrogen (secondary N) is 1. The van der Waals surface area contributed by atoms with Crippen molar-refractivity contribution in [3.8, 4) is 0 Å². The van der Waals surface area contributed by atoms with Crippen LogP contribution in [0.15, 0.2) is 0 Å². The van der Waals surface area contributed by atoms with Crippen LogP contribution in [0.4, 0.5) is 0 Å². The molecule has 0 saturated carbocycles. The van der Waals surface area contributed by atoms with Gasteiger partial charge in [-0.3, -0.25) is 0 Å². The third-order valence-electron chi connectivity index (χ3n) is 2.60. The highest BCUT2D eigenvalue weighted by atomic mass is 32.2. The molecule has 0 bridgehead atoms. The van der Waals surface area contributed by atoms with Crippen LogP contribution in [-0.4, -0.2) is 38.3 Å². The molecule has 2 nitrogen and oxygen atoms in total. The molecule has 0 aromatic rings. The quantitative estimate of drug-likeness (QED) is 0.567. The van der Waals surface area contributed by atoms with Crippen molar-refractivity contribution in [2.75, 3.05) is 38.3 Å². The fourth-order valence-electron chi connectivity index (χ4n) is 1.84. The van der Waals surface area contributed by atoms with Crippen LogP contribution in [0, 0.1) is 11.8 Å². The smallest absolute Gasteiger partial charge is 0.0587 e. The summed E-state index contributed by atoms with van der Waals surface area (Å²) in [5.41, 5.74) is 0. The van der Waals surface area contributed by atoms with E-state index in [0.29, 0.717) is 0 Å². The van der Waals surface area contributed by atoms with E-state index in [1.54, 1.807) is 7.11 Å². The Morgan fingerprint density at radius 1 is 1.31 bits per heavy atom. The fraction of sp³-hybridized carbons (Fsp3) is 1.00. The maximum absolute atomic E-state index is 5.04. The predicted molar refractivity (Wildman–Crippen MR) is 75.3 cm³/mol. The second kappa shape index (κ2) is 11.7. The van der Waals surface area contributed by atoms with Crippen LogP contribution in [0.1, 0.15) is 33.6 Å². The summed E-state index contributed by atoms with van der Waals surface area (Å²) in [6.45, 7) is 9.80. The zero-order valence-corrected chi connectivity index (χ0v) is 12.2. The molecule has 0 aromatic carbocycles. The molecule has 0 amide bonds. The van der Waals surface area contributed by atoms with E-state index in [1.165, 1.54) is 24.3 Å². The lowest BCUT2D eigenvalue weighted by Gasteiger charge is -2.19. The molecular weight excluding hydrogens is 218 g/mol. The Kier molecular flexibility index (Phi) is 11.9. The van der Waals surface area contributed by atoms with Gasteiger partial charge in [0.25, 0.3) is 0 Å². The standard InChI is InChI=1S/C13H29NOS/c1-5-16-9-6-13(10-12(2)3)11-14-7-8-15-4/h12-14H,5-11H2,1-4H3. The van der Waals surface area contributed by atoms with Gasteiger partial charge in [0.2, 0.25) is 0 Å². The van der Waals surface area contributed by atoms with Gasteiger partial charge >= 0.3 is 0 Å². The van der Waals surface area contributed by atoms with Gasteiger partial charge in [-0.25, -0.2) is 0 Å². The van der Waals surface area contributed by atoms with Gasteiger partial charge in [0, 0.05) is 13.7 Å². The van der Waals surface area contributed by atoms with Gasteiger partial charge in [-0.1, -0.05) is 20.8 Å². The van der Waals surface area contributed by atoms with E-state index in [1.807, 2.05) is 0 Å². The van der Waals surface area contributed by atoms with Crippen molar-refractivity contribution in [1.29, 1.82) is 0 Å². The van der Waals surface area contributed by atoms with Crippen molar-refractivity contribution in [3.05, 3.63) is 0 Å². The fourth-order valence-corrected chi connectivity index (χ4v) is 2.63. The van der Waals surface area contributed by atoms with Crippen molar-refractivity contribution in [1.82, 2.24) is 5.32 Å². The van der Waals surface area contributed by atoms with Gasteiger partial charge in [-0.15, -0.1) is 0 Å². The topological polar surface area (TPSA) is 21.3 Å². The van der Waals surface area contributed by atoms with Crippen molar-refractivity contribution < 1.29 is 4.74 Å². The largest absolute Gasteiger partial charge is 0.383 e. The van der Waals surface area contributed by atoms with Crippen LogP contribution in [0.25, 0.3) is 0 Å². The minimum Gasteiger partial charge on any atom is -0.383 e. The number of rotatable bonds is 11. The summed E-state index contributed by atoms with van der Waals surface area (Å²) in [6, 6.07) is 0. The first-order valence-corrected chi connectivity index (χ1v) is 7.63. The molecule has 3 heteroatoms. The highest BCUT2D eigenvalue weighted by Crippen LogP contribution is 2.17. The average molecular weight is 247 g/mol. The van der Waals surface area contributed by atoms with E-state index in [-0.39, 0.29) is 0 Å². The summed E-state index contributed by atoms with van der Waals surface area (Å²) in [5, 5.41) is 3.48. The highest BCUT2D eigenvalue weighted by Gasteiger charge is 2.10. The van der Waals surface area contributed by atoms with Gasteiger partial charge in [0.1, 0.15) is 0 Å². The number of methoxy groups -OCH3 is 1. The molecule has 0 aromatic heterocycles. The molecule has 0 aliphatic carbocycles. The normalized spacial score (nSPS) is 13.3. The first-order chi connectivity index (χ1) is 7.70. The lowest BCUT2D eigenvalue weighted by Crippen LogP contribution is -2.27. The van der Waals surface area contributed by atoms with Crippen molar-refractivity contribution in [2.24, 2.45) is 11.8 Å². The molecule has 0 aliphatic rings. The van der Waals surface area contributed by atoms with Crippen molar-refractivity contribution >= 4 is 11.8 Å². The maximum atomic E-state index is 5.04. The Hall–Kier alpha value is 0.270. The number of ether oxygens (including phenoxy) is 1. The molecule has 0 saturated heterocycles. The van der Waals surface area contributed by atoms with Crippen molar-refractivity contribution in [3.63, 3.8) is 0 Å². The van der Waals surface area contributed by atoms with Crippen LogP contribution >= 0.6 is 11.8 Å². The van der Waals surface area contributed by atoms with E-state index < -0.39 is 0 Å². The molecule has 1 unspecified atom stereocenters. The average Bonchev–Trinajstić information content (AvgIpc) is 2.23. The first kappa shape index (κ1) is 16.3. The van der Waals surface area contributed by atoms with Gasteiger partial charge in [0.05, 0.1) is 6.61 Å². The molecule has 0 heterocycles. The Labute approximate surface area is 106 Å². The Balaban J connectivity index is 3.63. The third-order valence-corrected chi connectivity index (χ3v) is 3.53. The lowest BCUT2D eigenvalue weighted by molar-refractivity contribution is 0.197. The molecule has 0 radical (unpaired) electrons. The molecule has 1 N–H and O–H groups in total. The molecule has 0 rings (SSSR count). The summed E-state index contributed by atoms with van der Waals surface area (Å²) in [6.07, 6.45) is 2.68. The van der Waals surface area contributed by atoms with E-state index >= 15 is 0 Å². The monoisotopic (exact) mass is 247 g/mol. The maximum Gasteiger partial charge on any atom is 0.0587 e.